The highest BCUT2D eigenvalue weighted by atomic mass is 32.1. The number of benzene rings is 1. The van der Waals surface area contributed by atoms with E-state index in [1.807, 2.05) is 37.4 Å². The van der Waals surface area contributed by atoms with Gasteiger partial charge in [0.15, 0.2) is 17.5 Å². The molecule has 26 heavy (non-hydrogen) atoms. The van der Waals surface area contributed by atoms with Crippen LogP contribution in [0.4, 0.5) is 0 Å². The van der Waals surface area contributed by atoms with Crippen LogP contribution < -0.4 is 4.74 Å². The van der Waals surface area contributed by atoms with Crippen LogP contribution in [-0.2, 0) is 0 Å². The van der Waals surface area contributed by atoms with Crippen LogP contribution in [-0.4, -0.2) is 21.9 Å². The fraction of sp³-hybridized carbons (Fsp3) is 0.150. The van der Waals surface area contributed by atoms with Crippen LogP contribution in [0.1, 0.15) is 27.3 Å². The highest BCUT2D eigenvalue weighted by Gasteiger charge is 2.11. The summed E-state index contributed by atoms with van der Waals surface area (Å²) in [6.45, 7) is 4.02. The number of hydrogen-bond acceptors (Lipinski definition) is 5. The van der Waals surface area contributed by atoms with E-state index < -0.39 is 0 Å². The van der Waals surface area contributed by atoms with Crippen molar-refractivity contribution < 1.29 is 9.53 Å². The molecule has 0 radical (unpaired) electrons. The molecular weight excluding hydrogens is 346 g/mol. The van der Waals surface area contributed by atoms with E-state index in [0.29, 0.717) is 11.3 Å². The number of thiazole rings is 1. The first-order valence-electron chi connectivity index (χ1n) is 8.01. The fourth-order valence-electron chi connectivity index (χ4n) is 2.67. The molecule has 6 heteroatoms. The molecule has 2 heterocycles. The third kappa shape index (κ3) is 3.73. The van der Waals surface area contributed by atoms with Gasteiger partial charge in [-0.05, 0) is 61.9 Å². The molecule has 0 bridgehead atoms. The quantitative estimate of drug-likeness (QED) is 0.482. The van der Waals surface area contributed by atoms with E-state index in [2.05, 4.69) is 9.55 Å². The van der Waals surface area contributed by atoms with Crippen LogP contribution in [0, 0.1) is 25.2 Å². The third-order valence-corrected chi connectivity index (χ3v) is 4.69. The number of nitriles is 1. The molecule has 1 aromatic carbocycles. The van der Waals surface area contributed by atoms with E-state index in [9.17, 15) is 4.79 Å². The lowest BCUT2D eigenvalue weighted by atomic mass is 10.1. The first-order valence-corrected chi connectivity index (χ1v) is 8.89. The fourth-order valence-corrected chi connectivity index (χ4v) is 3.42. The summed E-state index contributed by atoms with van der Waals surface area (Å²) >= 11 is 1.57. The number of aryl methyl sites for hydroxylation is 1. The van der Waals surface area contributed by atoms with Crippen molar-refractivity contribution in [2.75, 3.05) is 6.61 Å². The van der Waals surface area contributed by atoms with Crippen molar-refractivity contribution in [1.82, 2.24) is 9.55 Å². The molecule has 0 amide bonds. The molecule has 0 saturated carbocycles. The van der Waals surface area contributed by atoms with Crippen molar-refractivity contribution in [2.24, 2.45) is 0 Å². The van der Waals surface area contributed by atoms with Crippen molar-refractivity contribution in [3.05, 3.63) is 70.5 Å². The maximum atomic E-state index is 12.4. The van der Waals surface area contributed by atoms with E-state index in [0.717, 1.165) is 22.1 Å². The molecule has 0 aliphatic heterocycles. The van der Waals surface area contributed by atoms with E-state index in [1.165, 1.54) is 0 Å². The predicted molar refractivity (Wildman–Crippen MR) is 102 cm³/mol. The number of rotatable bonds is 6. The summed E-state index contributed by atoms with van der Waals surface area (Å²) in [5.41, 5.74) is 3.67. The maximum absolute atomic E-state index is 12.4. The summed E-state index contributed by atoms with van der Waals surface area (Å²) < 4.78 is 7.27. The average molecular weight is 363 g/mol. The second kappa shape index (κ2) is 7.81. The topological polar surface area (TPSA) is 67.9 Å². The second-order valence-electron chi connectivity index (χ2n) is 5.65. The number of ether oxygens (including phenoxy) is 1. The molecule has 0 aliphatic rings. The first-order chi connectivity index (χ1) is 12.6. The van der Waals surface area contributed by atoms with E-state index in [1.54, 1.807) is 47.9 Å². The average Bonchev–Trinajstić information content (AvgIpc) is 3.26. The van der Waals surface area contributed by atoms with Gasteiger partial charge in [-0.1, -0.05) is 0 Å². The maximum Gasteiger partial charge on any atom is 0.193 e. The van der Waals surface area contributed by atoms with Crippen LogP contribution in [0.25, 0.3) is 11.2 Å². The minimum Gasteiger partial charge on any atom is -0.479 e. The highest BCUT2D eigenvalue weighted by Crippen LogP contribution is 2.23. The van der Waals surface area contributed by atoms with Gasteiger partial charge in [0.05, 0.1) is 0 Å². The third-order valence-electron chi connectivity index (χ3n) is 3.94. The molecule has 3 aromatic rings. The Morgan fingerprint density at radius 3 is 2.77 bits per heavy atom. The lowest BCUT2D eigenvalue weighted by Gasteiger charge is -2.04. The summed E-state index contributed by atoms with van der Waals surface area (Å²) in [7, 11) is 0. The molecule has 5 nitrogen and oxygen atoms in total. The lowest BCUT2D eigenvalue weighted by Crippen LogP contribution is -1.98. The molecule has 0 fully saturated rings. The van der Waals surface area contributed by atoms with Gasteiger partial charge in [0.2, 0.25) is 0 Å². The molecule has 0 atom stereocenters. The van der Waals surface area contributed by atoms with E-state index >= 15 is 0 Å². The molecule has 0 aliphatic carbocycles. The molecule has 130 valence electrons. The van der Waals surface area contributed by atoms with Crippen LogP contribution in [0.2, 0.25) is 0 Å². The Balaban J connectivity index is 1.77. The monoisotopic (exact) mass is 363 g/mol. The van der Waals surface area contributed by atoms with Gasteiger partial charge in [-0.25, -0.2) is 4.98 Å². The van der Waals surface area contributed by atoms with E-state index in [4.69, 9.17) is 10.00 Å². The number of nitrogens with zero attached hydrogens (tertiary/aromatic N) is 3. The van der Waals surface area contributed by atoms with Gasteiger partial charge in [0.1, 0.15) is 11.8 Å². The summed E-state index contributed by atoms with van der Waals surface area (Å²) in [5.74, 6) is 0.481. The summed E-state index contributed by atoms with van der Waals surface area (Å²) in [6.07, 6.45) is 5.18. The predicted octanol–water partition coefficient (Wildman–Crippen LogP) is 4.35. The van der Waals surface area contributed by atoms with Crippen molar-refractivity contribution in [3.8, 4) is 17.0 Å². The molecular formula is C20H17N3O2S. The van der Waals surface area contributed by atoms with Crippen LogP contribution in [0.3, 0.4) is 0 Å². The Labute approximate surface area is 155 Å². The Kier molecular flexibility index (Phi) is 5.30. The molecule has 0 saturated heterocycles. The first kappa shape index (κ1) is 17.6. The van der Waals surface area contributed by atoms with E-state index in [-0.39, 0.29) is 12.4 Å². The van der Waals surface area contributed by atoms with Crippen molar-refractivity contribution in [1.29, 1.82) is 5.26 Å². The van der Waals surface area contributed by atoms with Gasteiger partial charge in [0.25, 0.3) is 0 Å². The normalized spacial score (nSPS) is 10.8. The van der Waals surface area contributed by atoms with Gasteiger partial charge in [-0.3, -0.25) is 9.36 Å². The van der Waals surface area contributed by atoms with Crippen molar-refractivity contribution in [2.45, 2.75) is 13.8 Å². The molecule has 3 rings (SSSR count). The SMILES string of the molecule is Cc1cc(/C=C/C(=O)c2ccc(OCC#N)cc2)c(C)n1-c1nccs1. The van der Waals surface area contributed by atoms with Crippen LogP contribution >= 0.6 is 11.3 Å². The minimum atomic E-state index is -0.0871. The van der Waals surface area contributed by atoms with Crippen LogP contribution in [0.5, 0.6) is 5.75 Å². The second-order valence-corrected chi connectivity index (χ2v) is 6.52. The Morgan fingerprint density at radius 1 is 1.35 bits per heavy atom. The number of allylic oxidation sites excluding steroid dienone is 1. The highest BCUT2D eigenvalue weighted by molar-refractivity contribution is 7.12. The van der Waals surface area contributed by atoms with Gasteiger partial charge >= 0.3 is 0 Å². The van der Waals surface area contributed by atoms with Crippen molar-refractivity contribution >= 4 is 23.2 Å². The number of aromatic nitrogens is 2. The standard InChI is InChI=1S/C20H17N3O2S/c1-14-13-17(15(2)23(14)20-22-10-12-26-20)5-8-19(24)16-3-6-18(7-4-16)25-11-9-21/h3-8,10,12-13H,11H2,1-2H3/b8-5+. The van der Waals surface area contributed by atoms with Crippen LogP contribution in [0.15, 0.2) is 48.0 Å². The zero-order valence-corrected chi connectivity index (χ0v) is 15.3. The molecule has 0 spiro atoms. The lowest BCUT2D eigenvalue weighted by molar-refractivity contribution is 0.104. The minimum absolute atomic E-state index is 0.0120. The summed E-state index contributed by atoms with van der Waals surface area (Å²) in [5, 5.41) is 11.4. The summed E-state index contributed by atoms with van der Waals surface area (Å²) in [4.78, 5) is 16.7. The zero-order valence-electron chi connectivity index (χ0n) is 14.5. The Hall–Kier alpha value is -3.17. The van der Waals surface area contributed by atoms with Gasteiger partial charge in [-0.15, -0.1) is 11.3 Å². The Bertz CT molecular complexity index is 977. The van der Waals surface area contributed by atoms with Crippen molar-refractivity contribution in [3.63, 3.8) is 0 Å². The number of ketones is 1. The largest absolute Gasteiger partial charge is 0.479 e. The van der Waals surface area contributed by atoms with Gasteiger partial charge in [-0.2, -0.15) is 5.26 Å². The molecule has 0 unspecified atom stereocenters. The van der Waals surface area contributed by atoms with Gasteiger partial charge < -0.3 is 4.74 Å². The number of hydrogen-bond donors (Lipinski definition) is 0. The molecule has 2 aromatic heterocycles. The summed E-state index contributed by atoms with van der Waals surface area (Å²) in [6, 6.07) is 10.7. The Morgan fingerprint density at radius 2 is 2.12 bits per heavy atom. The number of carbonyl (C=O) groups is 1. The van der Waals surface area contributed by atoms with Gasteiger partial charge in [0, 0.05) is 28.5 Å². The zero-order chi connectivity index (χ0) is 18.5. The number of carbonyl (C=O) groups excluding carboxylic acids is 1. The smallest absolute Gasteiger partial charge is 0.193 e. The molecule has 0 N–H and O–H groups in total.